The lowest BCUT2D eigenvalue weighted by atomic mass is 10.0. The van der Waals surface area contributed by atoms with Gasteiger partial charge in [0.1, 0.15) is 11.5 Å². The van der Waals surface area contributed by atoms with E-state index in [0.717, 1.165) is 59.9 Å². The van der Waals surface area contributed by atoms with Crippen molar-refractivity contribution in [2.45, 2.75) is 77.9 Å². The number of rotatable bonds is 10. The fourth-order valence-electron chi connectivity index (χ4n) is 5.36. The predicted molar refractivity (Wildman–Crippen MR) is 181 cm³/mol. The van der Waals surface area contributed by atoms with E-state index >= 15 is 0 Å². The normalized spacial score (nSPS) is 18.0. The van der Waals surface area contributed by atoms with E-state index in [1.807, 2.05) is 42.5 Å². The first-order chi connectivity index (χ1) is 21.8. The molecule has 3 aromatic carbocycles. The second kappa shape index (κ2) is 15.2. The Bertz CT molecular complexity index is 1580. The summed E-state index contributed by atoms with van der Waals surface area (Å²) in [7, 11) is 0. The van der Waals surface area contributed by atoms with Gasteiger partial charge in [-0.3, -0.25) is 9.59 Å². The Hall–Kier alpha value is -4.18. The highest BCUT2D eigenvalue weighted by atomic mass is 32.1. The predicted octanol–water partition coefficient (Wildman–Crippen LogP) is 7.36. The molecule has 0 saturated heterocycles. The van der Waals surface area contributed by atoms with Crippen LogP contribution >= 0.6 is 11.3 Å². The standard InChI is InChI=1S/C19H22N2O2.C17H20N2O2S/c1-3-16(20-12-14-7-5-4-6-8-14)15-9-10-18-17(11-15)21-19(22)13(2)23-18;1-3-14(18-10-13-5-4-8-22-13)12-6-7-16-15(9-12)19-17(20)11(2)21-16/h4-11,13,16,20H,3,12H2,1-2H3,(H,21,22);4-9,11,14,18H,3,10H2,1-2H3,(H,19,20). The molecule has 0 spiro atoms. The maximum Gasteiger partial charge on any atom is 0.265 e. The van der Waals surface area contributed by atoms with Crippen LogP contribution in [0.1, 0.15) is 74.2 Å². The molecule has 4 aromatic rings. The van der Waals surface area contributed by atoms with E-state index in [0.29, 0.717) is 0 Å². The van der Waals surface area contributed by atoms with Gasteiger partial charge in [0.25, 0.3) is 11.8 Å². The molecular weight excluding hydrogens is 584 g/mol. The number of carbonyl (C=O) groups excluding carboxylic acids is 2. The van der Waals surface area contributed by atoms with Crippen LogP contribution in [0.3, 0.4) is 0 Å². The number of thiophene rings is 1. The molecule has 4 unspecified atom stereocenters. The van der Waals surface area contributed by atoms with Crippen molar-refractivity contribution in [1.82, 2.24) is 10.6 Å². The summed E-state index contributed by atoms with van der Waals surface area (Å²) in [6.07, 6.45) is 1.08. The van der Waals surface area contributed by atoms with Crippen LogP contribution in [0, 0.1) is 0 Å². The first kappa shape index (κ1) is 32.2. The molecule has 4 N–H and O–H groups in total. The van der Waals surface area contributed by atoms with Crippen LogP contribution in [0.15, 0.2) is 84.2 Å². The zero-order valence-corrected chi connectivity index (χ0v) is 27.1. The van der Waals surface area contributed by atoms with Crippen molar-refractivity contribution in [3.63, 3.8) is 0 Å². The van der Waals surface area contributed by atoms with Gasteiger partial charge in [-0.25, -0.2) is 0 Å². The molecule has 2 aliphatic rings. The number of carbonyl (C=O) groups is 2. The molecule has 6 rings (SSSR count). The third kappa shape index (κ3) is 8.30. The number of benzene rings is 3. The number of ether oxygens (including phenoxy) is 2. The largest absolute Gasteiger partial charge is 0.479 e. The van der Waals surface area contributed by atoms with Gasteiger partial charge in [0.15, 0.2) is 12.2 Å². The number of nitrogens with one attached hydrogen (secondary N) is 4. The Morgan fingerprint density at radius 2 is 1.24 bits per heavy atom. The minimum atomic E-state index is -0.438. The minimum Gasteiger partial charge on any atom is -0.479 e. The van der Waals surface area contributed by atoms with Crippen molar-refractivity contribution < 1.29 is 19.1 Å². The highest BCUT2D eigenvalue weighted by Gasteiger charge is 2.25. The molecule has 4 atom stereocenters. The summed E-state index contributed by atoms with van der Waals surface area (Å²) in [5.74, 6) is 1.28. The Kier molecular flexibility index (Phi) is 10.9. The molecule has 0 saturated carbocycles. The smallest absolute Gasteiger partial charge is 0.265 e. The Morgan fingerprint density at radius 3 is 1.73 bits per heavy atom. The fraction of sp³-hybridized carbons (Fsp3) is 0.333. The van der Waals surface area contributed by atoms with Gasteiger partial charge >= 0.3 is 0 Å². The lowest BCUT2D eigenvalue weighted by Gasteiger charge is -2.25. The molecule has 236 valence electrons. The van der Waals surface area contributed by atoms with Crippen molar-refractivity contribution in [2.75, 3.05) is 10.6 Å². The molecule has 0 aliphatic carbocycles. The lowest BCUT2D eigenvalue weighted by Crippen LogP contribution is -2.34. The second-order valence-corrected chi connectivity index (χ2v) is 12.3. The highest BCUT2D eigenvalue weighted by molar-refractivity contribution is 7.09. The third-order valence-corrected chi connectivity index (χ3v) is 8.86. The average molecular weight is 627 g/mol. The van der Waals surface area contributed by atoms with Crippen LogP contribution < -0.4 is 30.7 Å². The first-order valence-electron chi connectivity index (χ1n) is 15.6. The second-order valence-electron chi connectivity index (χ2n) is 11.3. The number of hydrogen-bond acceptors (Lipinski definition) is 7. The van der Waals surface area contributed by atoms with E-state index in [9.17, 15) is 9.59 Å². The maximum atomic E-state index is 11.8. The number of fused-ring (bicyclic) bond motifs is 2. The highest BCUT2D eigenvalue weighted by Crippen LogP contribution is 2.34. The molecule has 3 heterocycles. The van der Waals surface area contributed by atoms with Gasteiger partial charge in [0.05, 0.1) is 11.4 Å². The summed E-state index contributed by atoms with van der Waals surface area (Å²) in [4.78, 5) is 24.8. The van der Waals surface area contributed by atoms with Gasteiger partial charge in [-0.1, -0.05) is 62.4 Å². The van der Waals surface area contributed by atoms with Crippen LogP contribution in [-0.4, -0.2) is 24.0 Å². The molecule has 0 radical (unpaired) electrons. The SMILES string of the molecule is CCC(NCc1ccccc1)c1ccc2c(c1)NC(=O)C(C)O2.CCC(NCc1cccs1)c1ccc2c(c1)NC(=O)C(C)O2. The van der Waals surface area contributed by atoms with Crippen LogP contribution in [0.4, 0.5) is 11.4 Å². The average Bonchev–Trinajstić information content (AvgIpc) is 3.57. The van der Waals surface area contributed by atoms with Crippen molar-refractivity contribution in [3.05, 3.63) is 106 Å². The summed E-state index contributed by atoms with van der Waals surface area (Å²) < 4.78 is 11.2. The number of anilines is 2. The summed E-state index contributed by atoms with van der Waals surface area (Å²) >= 11 is 1.75. The minimum absolute atomic E-state index is 0.0933. The van der Waals surface area contributed by atoms with Crippen molar-refractivity contribution in [3.8, 4) is 11.5 Å². The molecule has 0 bridgehead atoms. The fourth-order valence-corrected chi connectivity index (χ4v) is 6.01. The van der Waals surface area contributed by atoms with E-state index in [1.165, 1.54) is 10.4 Å². The van der Waals surface area contributed by atoms with Crippen LogP contribution in [-0.2, 0) is 22.7 Å². The Balaban J connectivity index is 0.000000178. The molecule has 2 amide bonds. The molecule has 2 aliphatic heterocycles. The maximum absolute atomic E-state index is 11.8. The first-order valence-corrected chi connectivity index (χ1v) is 16.5. The van der Waals surface area contributed by atoms with Crippen LogP contribution in [0.5, 0.6) is 11.5 Å². The zero-order valence-electron chi connectivity index (χ0n) is 26.3. The van der Waals surface area contributed by atoms with E-state index in [2.05, 4.69) is 76.9 Å². The van der Waals surface area contributed by atoms with Crippen molar-refractivity contribution in [1.29, 1.82) is 0 Å². The Morgan fingerprint density at radius 1 is 0.711 bits per heavy atom. The molecule has 9 heteroatoms. The lowest BCUT2D eigenvalue weighted by molar-refractivity contribution is -0.123. The van der Waals surface area contributed by atoms with E-state index < -0.39 is 12.2 Å². The van der Waals surface area contributed by atoms with Crippen LogP contribution in [0.25, 0.3) is 0 Å². The van der Waals surface area contributed by atoms with E-state index in [-0.39, 0.29) is 23.9 Å². The van der Waals surface area contributed by atoms with Crippen LogP contribution in [0.2, 0.25) is 0 Å². The van der Waals surface area contributed by atoms with Gasteiger partial charge in [-0.05, 0) is 79.1 Å². The number of amides is 2. The quantitative estimate of drug-likeness (QED) is 0.147. The zero-order chi connectivity index (χ0) is 31.8. The van der Waals surface area contributed by atoms with Gasteiger partial charge in [0, 0.05) is 30.1 Å². The summed E-state index contributed by atoms with van der Waals surface area (Å²) in [5.41, 5.74) is 5.09. The monoisotopic (exact) mass is 626 g/mol. The summed E-state index contributed by atoms with van der Waals surface area (Å²) in [6, 6.07) is 27.0. The third-order valence-electron chi connectivity index (χ3n) is 7.99. The van der Waals surface area contributed by atoms with Crippen molar-refractivity contribution in [2.24, 2.45) is 0 Å². The van der Waals surface area contributed by atoms with E-state index in [1.54, 1.807) is 25.2 Å². The topological polar surface area (TPSA) is 101 Å². The molecule has 8 nitrogen and oxygen atoms in total. The van der Waals surface area contributed by atoms with Gasteiger partial charge in [0.2, 0.25) is 0 Å². The summed E-state index contributed by atoms with van der Waals surface area (Å²) in [5, 5.41) is 15.1. The van der Waals surface area contributed by atoms with Crippen molar-refractivity contribution >= 4 is 34.5 Å². The van der Waals surface area contributed by atoms with Gasteiger partial charge in [-0.2, -0.15) is 0 Å². The van der Waals surface area contributed by atoms with Gasteiger partial charge in [-0.15, -0.1) is 11.3 Å². The Labute approximate surface area is 269 Å². The van der Waals surface area contributed by atoms with Gasteiger partial charge < -0.3 is 30.7 Å². The number of hydrogen-bond donors (Lipinski definition) is 4. The molecule has 0 fully saturated rings. The van der Waals surface area contributed by atoms with E-state index in [4.69, 9.17) is 9.47 Å². The molecule has 1 aromatic heterocycles. The summed E-state index contributed by atoms with van der Waals surface area (Å²) in [6.45, 7) is 9.48. The molecule has 45 heavy (non-hydrogen) atoms. The molecular formula is C36H42N4O4S.